The molecule has 0 spiro atoms. The Balaban J connectivity index is 1.48. The number of benzene rings is 3. The summed E-state index contributed by atoms with van der Waals surface area (Å²) in [7, 11) is 0. The lowest BCUT2D eigenvalue weighted by Crippen LogP contribution is -2.51. The summed E-state index contributed by atoms with van der Waals surface area (Å²) >= 11 is 0. The number of aryl methyl sites for hydroxylation is 2. The van der Waals surface area contributed by atoms with E-state index in [9.17, 15) is 25.2 Å². The molecule has 3 aromatic carbocycles. The second kappa shape index (κ2) is 14.3. The van der Waals surface area contributed by atoms with Crippen molar-refractivity contribution in [2.75, 3.05) is 11.9 Å². The average Bonchev–Trinajstić information content (AvgIpc) is 3.06. The molecule has 0 bridgehead atoms. The average molecular weight is 660 g/mol. The van der Waals surface area contributed by atoms with Gasteiger partial charge in [0.2, 0.25) is 17.7 Å². The van der Waals surface area contributed by atoms with Crippen LogP contribution in [0.1, 0.15) is 59.8 Å². The van der Waals surface area contributed by atoms with Crippen molar-refractivity contribution in [3.05, 3.63) is 99.7 Å². The van der Waals surface area contributed by atoms with E-state index in [0.29, 0.717) is 46.8 Å². The van der Waals surface area contributed by atoms with Crippen molar-refractivity contribution in [2.24, 2.45) is 0 Å². The Hall–Kier alpha value is -6.14. The van der Waals surface area contributed by atoms with E-state index in [4.69, 9.17) is 19.4 Å². The molecule has 12 heteroatoms. The Morgan fingerprint density at radius 3 is 2.24 bits per heavy atom. The number of aromatic nitrogens is 2. The smallest absolute Gasteiger partial charge is 0.408 e. The van der Waals surface area contributed by atoms with Crippen molar-refractivity contribution in [1.82, 2.24) is 20.2 Å². The van der Waals surface area contributed by atoms with Gasteiger partial charge in [0.15, 0.2) is 0 Å². The van der Waals surface area contributed by atoms with E-state index in [1.165, 1.54) is 12.1 Å². The number of rotatable bonds is 8. The monoisotopic (exact) mass is 659 g/mol. The molecule has 1 aliphatic rings. The molecule has 5 rings (SSSR count). The fourth-order valence-corrected chi connectivity index (χ4v) is 5.48. The predicted octanol–water partition coefficient (Wildman–Crippen LogP) is 6.10. The number of amides is 2. The standard InChI is InChI=1S/C37H37N7O5/c1-22-16-26(20-39)17-23(2)32(22)48-33-29-21-44(15-14-30(29)41-35(43-33)40-27-10-6-25(19-38)7-11-27)34(46)31(42-36(47)49-37(3,4)5)18-24-8-12-28(45)13-9-24/h6-13,16-17,31,45H,14-15,18,21H2,1-5H3,(H,42,47)(H,40,41,43)/t31-/m0/s1. The highest BCUT2D eigenvalue weighted by Gasteiger charge is 2.33. The number of hydrogen-bond donors (Lipinski definition) is 3. The van der Waals surface area contributed by atoms with Gasteiger partial charge in [-0.2, -0.15) is 15.5 Å². The minimum absolute atomic E-state index is 0.0904. The van der Waals surface area contributed by atoms with Crippen molar-refractivity contribution in [3.63, 3.8) is 0 Å². The van der Waals surface area contributed by atoms with Crippen molar-refractivity contribution < 1.29 is 24.2 Å². The summed E-state index contributed by atoms with van der Waals surface area (Å²) in [6, 6.07) is 20.1. The fourth-order valence-electron chi connectivity index (χ4n) is 5.48. The molecule has 1 aromatic heterocycles. The van der Waals surface area contributed by atoms with Gasteiger partial charge in [-0.1, -0.05) is 12.1 Å². The van der Waals surface area contributed by atoms with Crippen LogP contribution in [0.25, 0.3) is 0 Å². The number of carbonyl (C=O) groups is 2. The van der Waals surface area contributed by atoms with Gasteiger partial charge in [-0.3, -0.25) is 4.79 Å². The molecule has 0 unspecified atom stereocenters. The van der Waals surface area contributed by atoms with Gasteiger partial charge in [0, 0.05) is 25.1 Å². The number of nitriles is 2. The highest BCUT2D eigenvalue weighted by molar-refractivity contribution is 5.86. The third-order valence-corrected chi connectivity index (χ3v) is 7.76. The molecule has 12 nitrogen and oxygen atoms in total. The molecule has 0 radical (unpaired) electrons. The van der Waals surface area contributed by atoms with Gasteiger partial charge in [0.05, 0.1) is 41.1 Å². The number of phenolic OH excluding ortho intramolecular Hbond substituents is 1. The first-order valence-electron chi connectivity index (χ1n) is 15.7. The molecule has 1 aliphatic heterocycles. The van der Waals surface area contributed by atoms with Crippen LogP contribution in [0, 0.1) is 36.5 Å². The zero-order valence-electron chi connectivity index (χ0n) is 28.0. The summed E-state index contributed by atoms with van der Waals surface area (Å²) < 4.78 is 11.9. The van der Waals surface area contributed by atoms with Crippen LogP contribution in [0.4, 0.5) is 16.4 Å². The fraction of sp³-hybridized carbons (Fsp3) is 0.297. The molecule has 1 atom stereocenters. The molecule has 0 fully saturated rings. The largest absolute Gasteiger partial charge is 0.508 e. The van der Waals surface area contributed by atoms with Crippen molar-refractivity contribution in [3.8, 4) is 29.5 Å². The minimum Gasteiger partial charge on any atom is -0.508 e. The molecule has 0 aliphatic carbocycles. The highest BCUT2D eigenvalue weighted by atomic mass is 16.6. The quantitative estimate of drug-likeness (QED) is 0.201. The Bertz CT molecular complexity index is 1930. The molecule has 250 valence electrons. The molecular formula is C37H37N7O5. The number of anilines is 2. The lowest BCUT2D eigenvalue weighted by molar-refractivity contribution is -0.134. The maximum Gasteiger partial charge on any atom is 0.408 e. The predicted molar refractivity (Wildman–Crippen MR) is 181 cm³/mol. The second-order valence-corrected chi connectivity index (χ2v) is 12.8. The van der Waals surface area contributed by atoms with Crippen molar-refractivity contribution >= 4 is 23.6 Å². The number of hydrogen-bond acceptors (Lipinski definition) is 10. The van der Waals surface area contributed by atoms with Gasteiger partial charge < -0.3 is 30.1 Å². The van der Waals surface area contributed by atoms with E-state index in [0.717, 1.165) is 16.7 Å². The number of alkyl carbamates (subject to hydrolysis) is 1. The lowest BCUT2D eigenvalue weighted by Gasteiger charge is -2.33. The van der Waals surface area contributed by atoms with E-state index in [1.54, 1.807) is 74.2 Å². The SMILES string of the molecule is Cc1cc(C#N)cc(C)c1Oc1nc(Nc2ccc(C#N)cc2)nc2c1CN(C(=O)[C@H](Cc1ccc(O)cc1)NC(=O)OC(C)(C)C)CC2. The minimum atomic E-state index is -0.966. The van der Waals surface area contributed by atoms with Gasteiger partial charge in [-0.25, -0.2) is 9.78 Å². The normalized spacial score (nSPS) is 12.9. The molecule has 0 saturated carbocycles. The van der Waals surface area contributed by atoms with E-state index in [1.807, 2.05) is 13.8 Å². The Labute approximate surface area is 284 Å². The second-order valence-electron chi connectivity index (χ2n) is 12.8. The van der Waals surface area contributed by atoms with E-state index in [-0.39, 0.29) is 36.5 Å². The zero-order chi connectivity index (χ0) is 35.3. The van der Waals surface area contributed by atoms with Crippen LogP contribution in [0.3, 0.4) is 0 Å². The number of nitrogens with one attached hydrogen (secondary N) is 2. The van der Waals surface area contributed by atoms with E-state index in [2.05, 4.69) is 22.8 Å². The van der Waals surface area contributed by atoms with E-state index >= 15 is 0 Å². The van der Waals surface area contributed by atoms with Crippen LogP contribution in [0.2, 0.25) is 0 Å². The van der Waals surface area contributed by atoms with Crippen LogP contribution in [0.5, 0.6) is 17.4 Å². The molecule has 4 aromatic rings. The summed E-state index contributed by atoms with van der Waals surface area (Å²) in [6.07, 6.45) is -0.177. The first kappa shape index (κ1) is 34.2. The van der Waals surface area contributed by atoms with Gasteiger partial charge in [-0.15, -0.1) is 0 Å². The molecular weight excluding hydrogens is 622 g/mol. The molecule has 2 amide bonds. The van der Waals surface area contributed by atoms with Gasteiger partial charge in [0.1, 0.15) is 23.1 Å². The summed E-state index contributed by atoms with van der Waals surface area (Å²) in [5.41, 5.74) is 4.43. The van der Waals surface area contributed by atoms with Gasteiger partial charge in [-0.05, 0) is 99.8 Å². The number of nitrogens with zero attached hydrogens (tertiary/aromatic N) is 5. The van der Waals surface area contributed by atoms with Crippen LogP contribution in [-0.2, 0) is 28.9 Å². The first-order valence-corrected chi connectivity index (χ1v) is 15.7. The Morgan fingerprint density at radius 1 is 0.980 bits per heavy atom. The topological polar surface area (TPSA) is 173 Å². The Kier molecular flexibility index (Phi) is 10.00. The highest BCUT2D eigenvalue weighted by Crippen LogP contribution is 2.35. The van der Waals surface area contributed by atoms with E-state index < -0.39 is 17.7 Å². The molecule has 49 heavy (non-hydrogen) atoms. The third kappa shape index (κ3) is 8.62. The summed E-state index contributed by atoms with van der Waals surface area (Å²) in [6.45, 7) is 9.35. The van der Waals surface area contributed by atoms with Crippen LogP contribution < -0.4 is 15.4 Å². The van der Waals surface area contributed by atoms with Crippen LogP contribution in [-0.4, -0.2) is 50.2 Å². The molecule has 3 N–H and O–H groups in total. The van der Waals surface area contributed by atoms with Crippen LogP contribution in [0.15, 0.2) is 60.7 Å². The van der Waals surface area contributed by atoms with Gasteiger partial charge >= 0.3 is 6.09 Å². The summed E-state index contributed by atoms with van der Waals surface area (Å²) in [4.78, 5) is 38.1. The maximum atomic E-state index is 14.1. The number of phenols is 1. The molecule has 2 heterocycles. The Morgan fingerprint density at radius 2 is 1.63 bits per heavy atom. The van der Waals surface area contributed by atoms with Crippen molar-refractivity contribution in [2.45, 2.75) is 65.6 Å². The number of fused-ring (bicyclic) bond motifs is 1. The zero-order valence-corrected chi connectivity index (χ0v) is 28.0. The summed E-state index contributed by atoms with van der Waals surface area (Å²) in [5, 5.41) is 34.3. The maximum absolute atomic E-state index is 14.1. The van der Waals surface area contributed by atoms with Gasteiger partial charge in [0.25, 0.3) is 0 Å². The third-order valence-electron chi connectivity index (χ3n) is 7.76. The first-order chi connectivity index (χ1) is 23.3. The number of aromatic hydroxyl groups is 1. The van der Waals surface area contributed by atoms with Crippen LogP contribution >= 0.6 is 0 Å². The summed E-state index contributed by atoms with van der Waals surface area (Å²) in [5.74, 6) is 0.807. The van der Waals surface area contributed by atoms with Crippen molar-refractivity contribution in [1.29, 1.82) is 10.5 Å². The lowest BCUT2D eigenvalue weighted by atomic mass is 10.0. The number of carbonyl (C=O) groups excluding carboxylic acids is 2. The number of ether oxygens (including phenoxy) is 2. The molecule has 0 saturated heterocycles.